The van der Waals surface area contributed by atoms with Crippen molar-refractivity contribution in [2.24, 2.45) is 0 Å². The van der Waals surface area contributed by atoms with Gasteiger partial charge in [-0.3, -0.25) is 9.69 Å². The number of carbonyl (C=O) groups excluding carboxylic acids is 1. The van der Waals surface area contributed by atoms with E-state index in [0.29, 0.717) is 28.4 Å². The number of rotatable bonds is 7. The van der Waals surface area contributed by atoms with Crippen LogP contribution in [0.2, 0.25) is 10.0 Å². The van der Waals surface area contributed by atoms with Gasteiger partial charge in [0.1, 0.15) is 11.5 Å². The van der Waals surface area contributed by atoms with Crippen molar-refractivity contribution < 1.29 is 9.53 Å². The average molecular weight is 474 g/mol. The molecule has 2 saturated carbocycles. The summed E-state index contributed by atoms with van der Waals surface area (Å²) in [6, 6.07) is 12.3. The first-order valence-corrected chi connectivity index (χ1v) is 12.3. The summed E-state index contributed by atoms with van der Waals surface area (Å²) in [6.07, 6.45) is 6.06. The van der Waals surface area contributed by atoms with Gasteiger partial charge in [0.05, 0.1) is 10.0 Å². The van der Waals surface area contributed by atoms with E-state index in [0.717, 1.165) is 55.5 Å². The lowest BCUT2D eigenvalue weighted by Gasteiger charge is -2.22. The molecule has 2 aromatic carbocycles. The van der Waals surface area contributed by atoms with Crippen molar-refractivity contribution in [3.8, 4) is 11.5 Å². The third-order valence-electron chi connectivity index (χ3n) is 6.47. The molecular formula is C25H29Cl2N3O2. The monoisotopic (exact) mass is 473 g/mol. The molecule has 1 heterocycles. The minimum atomic E-state index is 0.108. The molecule has 1 N–H and O–H groups in total. The van der Waals surface area contributed by atoms with Crippen molar-refractivity contribution in [2.75, 3.05) is 26.2 Å². The van der Waals surface area contributed by atoms with E-state index in [4.69, 9.17) is 27.9 Å². The number of nitrogens with one attached hydrogen (secondary N) is 1. The van der Waals surface area contributed by atoms with Crippen molar-refractivity contribution in [3.63, 3.8) is 0 Å². The van der Waals surface area contributed by atoms with Gasteiger partial charge in [-0.2, -0.15) is 0 Å². The first-order valence-electron chi connectivity index (χ1n) is 11.6. The zero-order chi connectivity index (χ0) is 22.1. The average Bonchev–Trinajstić information content (AvgIpc) is 3.68. The Hall–Kier alpha value is -1.79. The van der Waals surface area contributed by atoms with Crippen LogP contribution < -0.4 is 10.1 Å². The summed E-state index contributed by atoms with van der Waals surface area (Å²) in [5.74, 6) is 1.46. The number of amides is 1. The first-order chi connectivity index (χ1) is 15.6. The van der Waals surface area contributed by atoms with E-state index in [1.54, 1.807) is 18.2 Å². The quantitative estimate of drug-likeness (QED) is 0.588. The molecule has 5 nitrogen and oxygen atoms in total. The molecular weight excluding hydrogens is 445 g/mol. The third-order valence-corrected chi connectivity index (χ3v) is 7.20. The molecule has 0 aromatic heterocycles. The number of carbonyl (C=O) groups is 1. The van der Waals surface area contributed by atoms with Gasteiger partial charge in [0.25, 0.3) is 5.91 Å². The fourth-order valence-corrected chi connectivity index (χ4v) is 4.58. The van der Waals surface area contributed by atoms with Crippen LogP contribution in [0.5, 0.6) is 11.5 Å². The lowest BCUT2D eigenvalue weighted by molar-refractivity contribution is 0.0761. The molecule has 0 spiro atoms. The van der Waals surface area contributed by atoms with Gasteiger partial charge in [0.2, 0.25) is 0 Å². The summed E-state index contributed by atoms with van der Waals surface area (Å²) in [5, 5.41) is 4.49. The Morgan fingerprint density at radius 3 is 2.56 bits per heavy atom. The van der Waals surface area contributed by atoms with Gasteiger partial charge in [-0.05, 0) is 62.4 Å². The molecule has 1 aliphatic heterocycles. The Labute approximate surface area is 199 Å². The fraction of sp³-hybridized carbons (Fsp3) is 0.480. The molecule has 0 bridgehead atoms. The molecule has 2 aliphatic carbocycles. The Balaban J connectivity index is 1.33. The summed E-state index contributed by atoms with van der Waals surface area (Å²) in [5.41, 5.74) is 1.70. The van der Waals surface area contributed by atoms with E-state index in [1.807, 2.05) is 23.1 Å². The first kappa shape index (κ1) is 22.0. The van der Waals surface area contributed by atoms with Gasteiger partial charge in [-0.1, -0.05) is 23.2 Å². The molecule has 3 fully saturated rings. The maximum Gasteiger partial charge on any atom is 0.253 e. The van der Waals surface area contributed by atoms with Crippen LogP contribution in [0.1, 0.15) is 48.0 Å². The van der Waals surface area contributed by atoms with Gasteiger partial charge in [0.15, 0.2) is 0 Å². The maximum absolute atomic E-state index is 13.3. The number of hydrogen-bond acceptors (Lipinski definition) is 4. The molecule has 1 amide bonds. The van der Waals surface area contributed by atoms with Crippen LogP contribution in [0.3, 0.4) is 0 Å². The number of halogens is 2. The molecule has 0 atom stereocenters. The van der Waals surface area contributed by atoms with Crippen molar-refractivity contribution in [3.05, 3.63) is 57.6 Å². The highest BCUT2D eigenvalue weighted by molar-refractivity contribution is 6.42. The standard InChI is InChI=1S/C25H29Cl2N3O2/c26-22-8-7-21(15-23(22)27)32-24-9-2-17(14-18(24)16-28-19-3-4-19)25(31)30-11-1-10-29(12-13-30)20-5-6-20/h2,7-9,14-15,19-20,28H,1,3-6,10-13,16H2. The van der Waals surface area contributed by atoms with Crippen molar-refractivity contribution in [2.45, 2.75) is 50.7 Å². The SMILES string of the molecule is O=C(c1ccc(Oc2ccc(Cl)c(Cl)c2)c(CNC2CC2)c1)N1CCCN(C2CC2)CC1. The minimum Gasteiger partial charge on any atom is -0.457 e. The largest absolute Gasteiger partial charge is 0.457 e. The van der Waals surface area contributed by atoms with Crippen LogP contribution in [-0.2, 0) is 6.54 Å². The molecule has 3 aliphatic rings. The van der Waals surface area contributed by atoms with Crippen LogP contribution >= 0.6 is 23.2 Å². The van der Waals surface area contributed by atoms with E-state index in [1.165, 1.54) is 25.7 Å². The second-order valence-electron chi connectivity index (χ2n) is 9.07. The summed E-state index contributed by atoms with van der Waals surface area (Å²) in [7, 11) is 0. The Kier molecular flexibility index (Phi) is 6.61. The minimum absolute atomic E-state index is 0.108. The van der Waals surface area contributed by atoms with Crippen molar-refractivity contribution >= 4 is 29.1 Å². The summed E-state index contributed by atoms with van der Waals surface area (Å²) < 4.78 is 6.13. The van der Waals surface area contributed by atoms with E-state index >= 15 is 0 Å². The molecule has 0 radical (unpaired) electrons. The zero-order valence-electron chi connectivity index (χ0n) is 18.2. The van der Waals surface area contributed by atoms with E-state index in [-0.39, 0.29) is 5.91 Å². The smallest absolute Gasteiger partial charge is 0.253 e. The van der Waals surface area contributed by atoms with Gasteiger partial charge in [-0.15, -0.1) is 0 Å². The number of ether oxygens (including phenoxy) is 1. The molecule has 7 heteroatoms. The molecule has 0 unspecified atom stereocenters. The van der Waals surface area contributed by atoms with Crippen LogP contribution in [-0.4, -0.2) is 54.0 Å². The van der Waals surface area contributed by atoms with Crippen molar-refractivity contribution in [1.29, 1.82) is 0 Å². The normalized spacial score (nSPS) is 19.6. The van der Waals surface area contributed by atoms with E-state index < -0.39 is 0 Å². The third kappa shape index (κ3) is 5.40. The lowest BCUT2D eigenvalue weighted by atomic mass is 10.1. The Morgan fingerprint density at radius 2 is 1.81 bits per heavy atom. The molecule has 32 heavy (non-hydrogen) atoms. The predicted octanol–water partition coefficient (Wildman–Crippen LogP) is 5.35. The Morgan fingerprint density at radius 1 is 0.969 bits per heavy atom. The topological polar surface area (TPSA) is 44.8 Å². The zero-order valence-corrected chi connectivity index (χ0v) is 19.7. The number of nitrogens with zero attached hydrogens (tertiary/aromatic N) is 2. The molecule has 1 saturated heterocycles. The van der Waals surface area contributed by atoms with Gasteiger partial charge >= 0.3 is 0 Å². The predicted molar refractivity (Wildman–Crippen MR) is 128 cm³/mol. The molecule has 5 rings (SSSR count). The maximum atomic E-state index is 13.3. The highest BCUT2D eigenvalue weighted by atomic mass is 35.5. The Bertz CT molecular complexity index is 991. The van der Waals surface area contributed by atoms with Crippen LogP contribution in [0, 0.1) is 0 Å². The van der Waals surface area contributed by atoms with Crippen LogP contribution in [0.25, 0.3) is 0 Å². The highest BCUT2D eigenvalue weighted by Crippen LogP contribution is 2.32. The second kappa shape index (κ2) is 9.60. The highest BCUT2D eigenvalue weighted by Gasteiger charge is 2.31. The lowest BCUT2D eigenvalue weighted by Crippen LogP contribution is -2.35. The number of hydrogen-bond donors (Lipinski definition) is 1. The number of benzene rings is 2. The summed E-state index contributed by atoms with van der Waals surface area (Å²) in [4.78, 5) is 17.9. The van der Waals surface area contributed by atoms with Gasteiger partial charge in [-0.25, -0.2) is 0 Å². The fourth-order valence-electron chi connectivity index (χ4n) is 4.29. The van der Waals surface area contributed by atoms with Gasteiger partial charge < -0.3 is 15.0 Å². The van der Waals surface area contributed by atoms with Gasteiger partial charge in [0, 0.05) is 62.0 Å². The second-order valence-corrected chi connectivity index (χ2v) is 9.88. The van der Waals surface area contributed by atoms with Crippen LogP contribution in [0.4, 0.5) is 0 Å². The molecule has 170 valence electrons. The van der Waals surface area contributed by atoms with Crippen LogP contribution in [0.15, 0.2) is 36.4 Å². The van der Waals surface area contributed by atoms with E-state index in [9.17, 15) is 4.79 Å². The molecule has 2 aromatic rings. The summed E-state index contributed by atoms with van der Waals surface area (Å²) in [6.45, 7) is 4.36. The summed E-state index contributed by atoms with van der Waals surface area (Å²) >= 11 is 12.2. The van der Waals surface area contributed by atoms with E-state index in [2.05, 4.69) is 10.2 Å². The van der Waals surface area contributed by atoms with Crippen molar-refractivity contribution in [1.82, 2.24) is 15.1 Å².